The van der Waals surface area contributed by atoms with Crippen LogP contribution in [0.1, 0.15) is 17.5 Å². The minimum Gasteiger partial charge on any atom is -0.484 e. The van der Waals surface area contributed by atoms with Gasteiger partial charge in [-0.2, -0.15) is 0 Å². The zero-order valence-corrected chi connectivity index (χ0v) is 20.9. The van der Waals surface area contributed by atoms with E-state index in [0.717, 1.165) is 49.7 Å². The summed E-state index contributed by atoms with van der Waals surface area (Å²) in [6.45, 7) is 8.69. The highest BCUT2D eigenvalue weighted by atomic mass is 16.5. The molecule has 36 heavy (non-hydrogen) atoms. The van der Waals surface area contributed by atoms with Gasteiger partial charge in [0.05, 0.1) is 19.1 Å². The van der Waals surface area contributed by atoms with Gasteiger partial charge in [0.25, 0.3) is 5.91 Å². The van der Waals surface area contributed by atoms with E-state index < -0.39 is 0 Å². The largest absolute Gasteiger partial charge is 0.484 e. The molecular weight excluding hydrogens is 460 g/mol. The molecule has 0 aromatic heterocycles. The summed E-state index contributed by atoms with van der Waals surface area (Å²) in [5.41, 5.74) is 3.52. The normalized spacial score (nSPS) is 18.2. The molecule has 0 bridgehead atoms. The molecule has 4 rings (SSSR count). The Bertz CT molecular complexity index is 1080. The zero-order chi connectivity index (χ0) is 25.5. The number of anilines is 2. The van der Waals surface area contributed by atoms with E-state index in [-0.39, 0.29) is 36.7 Å². The summed E-state index contributed by atoms with van der Waals surface area (Å²) >= 11 is 0. The summed E-state index contributed by atoms with van der Waals surface area (Å²) < 4.78 is 11.0. The molecule has 2 N–H and O–H groups in total. The van der Waals surface area contributed by atoms with Crippen LogP contribution >= 0.6 is 0 Å². The summed E-state index contributed by atoms with van der Waals surface area (Å²) in [7, 11) is 0. The van der Waals surface area contributed by atoms with Crippen molar-refractivity contribution >= 4 is 29.1 Å². The molecule has 3 amide bonds. The Hall–Kier alpha value is -3.43. The molecule has 2 saturated heterocycles. The average molecular weight is 495 g/mol. The smallest absolute Gasteiger partial charge is 0.262 e. The maximum Gasteiger partial charge on any atom is 0.262 e. The van der Waals surface area contributed by atoms with Gasteiger partial charge in [-0.3, -0.25) is 19.3 Å². The van der Waals surface area contributed by atoms with Gasteiger partial charge in [0.2, 0.25) is 11.8 Å². The van der Waals surface area contributed by atoms with E-state index in [2.05, 4.69) is 15.5 Å². The van der Waals surface area contributed by atoms with Crippen LogP contribution in [0.25, 0.3) is 0 Å². The van der Waals surface area contributed by atoms with Gasteiger partial charge in [-0.15, -0.1) is 0 Å². The molecule has 2 aromatic carbocycles. The molecule has 192 valence electrons. The summed E-state index contributed by atoms with van der Waals surface area (Å²) in [4.78, 5) is 41.4. The fraction of sp³-hybridized carbons (Fsp3) is 0.444. The van der Waals surface area contributed by atoms with Gasteiger partial charge in [0.1, 0.15) is 5.75 Å². The van der Waals surface area contributed by atoms with Crippen LogP contribution in [0.15, 0.2) is 42.5 Å². The van der Waals surface area contributed by atoms with Gasteiger partial charge in [0.15, 0.2) is 6.61 Å². The number of rotatable bonds is 9. The second-order valence-electron chi connectivity index (χ2n) is 9.30. The number of aryl methyl sites for hydroxylation is 2. The predicted octanol–water partition coefficient (Wildman–Crippen LogP) is 2.12. The van der Waals surface area contributed by atoms with Gasteiger partial charge in [-0.1, -0.05) is 12.1 Å². The van der Waals surface area contributed by atoms with Gasteiger partial charge in [-0.05, 0) is 55.3 Å². The maximum absolute atomic E-state index is 12.6. The highest BCUT2D eigenvalue weighted by molar-refractivity contribution is 6.00. The highest BCUT2D eigenvalue weighted by Gasteiger charge is 2.35. The lowest BCUT2D eigenvalue weighted by atomic mass is 10.1. The molecule has 2 aromatic rings. The molecule has 1 atom stereocenters. The van der Waals surface area contributed by atoms with Crippen molar-refractivity contribution < 1.29 is 23.9 Å². The minimum absolute atomic E-state index is 0.0788. The van der Waals surface area contributed by atoms with E-state index in [1.54, 1.807) is 29.2 Å². The molecule has 2 heterocycles. The van der Waals surface area contributed by atoms with Gasteiger partial charge < -0.3 is 25.0 Å². The fourth-order valence-electron chi connectivity index (χ4n) is 4.37. The van der Waals surface area contributed by atoms with E-state index in [1.807, 2.05) is 32.0 Å². The molecule has 0 spiro atoms. The van der Waals surface area contributed by atoms with Crippen LogP contribution in [-0.2, 0) is 19.1 Å². The number of carbonyl (C=O) groups excluding carboxylic acids is 3. The number of nitrogens with one attached hydrogen (secondary N) is 2. The van der Waals surface area contributed by atoms with E-state index in [4.69, 9.17) is 9.47 Å². The molecule has 2 aliphatic heterocycles. The predicted molar refractivity (Wildman–Crippen MR) is 137 cm³/mol. The molecule has 2 fully saturated rings. The number of morpholine rings is 1. The lowest BCUT2D eigenvalue weighted by Gasteiger charge is -2.26. The van der Waals surface area contributed by atoms with Gasteiger partial charge >= 0.3 is 0 Å². The Labute approximate surface area is 211 Å². The molecule has 0 radical (unpaired) electrons. The minimum atomic E-state index is -0.369. The lowest BCUT2D eigenvalue weighted by Crippen LogP contribution is -2.42. The topological polar surface area (TPSA) is 100 Å². The number of nitrogens with zero attached hydrogens (tertiary/aromatic N) is 2. The standard InChI is InChI=1S/C27H34N4O5/c1-19-3-4-20(2)24(15-19)29-25(32)18-36-23-7-5-22(6-8-23)31-17-21(16-26(31)33)27(34)28-9-10-30-11-13-35-14-12-30/h3-8,15,21H,9-14,16-18H2,1-2H3,(H,28,34)(H,29,32)/t21-/m0/s1. The van der Waals surface area contributed by atoms with Crippen molar-refractivity contribution in [3.8, 4) is 5.75 Å². The van der Waals surface area contributed by atoms with Crippen LogP contribution < -0.4 is 20.3 Å². The highest BCUT2D eigenvalue weighted by Crippen LogP contribution is 2.27. The molecule has 0 unspecified atom stereocenters. The molecule has 9 nitrogen and oxygen atoms in total. The molecule has 0 saturated carbocycles. The zero-order valence-electron chi connectivity index (χ0n) is 20.9. The summed E-state index contributed by atoms with van der Waals surface area (Å²) in [5, 5.41) is 5.84. The van der Waals surface area contributed by atoms with Crippen molar-refractivity contribution in [1.29, 1.82) is 0 Å². The van der Waals surface area contributed by atoms with E-state index >= 15 is 0 Å². The van der Waals surface area contributed by atoms with Crippen molar-refractivity contribution in [3.05, 3.63) is 53.6 Å². The number of amides is 3. The van der Waals surface area contributed by atoms with Gasteiger partial charge in [-0.25, -0.2) is 0 Å². The van der Waals surface area contributed by atoms with E-state index in [9.17, 15) is 14.4 Å². The lowest BCUT2D eigenvalue weighted by molar-refractivity contribution is -0.126. The third kappa shape index (κ3) is 6.83. The second kappa shape index (κ2) is 12.0. The summed E-state index contributed by atoms with van der Waals surface area (Å²) in [6, 6.07) is 12.9. The number of ether oxygens (including phenoxy) is 2. The maximum atomic E-state index is 12.6. The Kier molecular flexibility index (Phi) is 8.56. The number of benzene rings is 2. The summed E-state index contributed by atoms with van der Waals surface area (Å²) in [6.07, 6.45) is 0.195. The first kappa shape index (κ1) is 25.7. The SMILES string of the molecule is Cc1ccc(C)c(NC(=O)COc2ccc(N3C[C@@H](C(=O)NCCN4CCOCC4)CC3=O)cc2)c1. The van der Waals surface area contributed by atoms with Crippen molar-refractivity contribution in [2.45, 2.75) is 20.3 Å². The first-order valence-corrected chi connectivity index (χ1v) is 12.4. The monoisotopic (exact) mass is 494 g/mol. The molecule has 2 aliphatic rings. The van der Waals surface area contributed by atoms with E-state index in [1.165, 1.54) is 0 Å². The first-order valence-electron chi connectivity index (χ1n) is 12.4. The summed E-state index contributed by atoms with van der Waals surface area (Å²) in [5.74, 6) is -0.255. The fourth-order valence-corrected chi connectivity index (χ4v) is 4.37. The van der Waals surface area contributed by atoms with E-state index in [0.29, 0.717) is 24.5 Å². The molecular formula is C27H34N4O5. The van der Waals surface area contributed by atoms with Crippen LogP contribution in [-0.4, -0.2) is 75.2 Å². The van der Waals surface area contributed by atoms with Crippen LogP contribution in [0, 0.1) is 19.8 Å². The van der Waals surface area contributed by atoms with Crippen LogP contribution in [0.5, 0.6) is 5.75 Å². The van der Waals surface area contributed by atoms with Crippen LogP contribution in [0.2, 0.25) is 0 Å². The second-order valence-corrected chi connectivity index (χ2v) is 9.30. The Morgan fingerprint density at radius 1 is 1.08 bits per heavy atom. The van der Waals surface area contributed by atoms with Crippen molar-refractivity contribution in [1.82, 2.24) is 10.2 Å². The van der Waals surface area contributed by atoms with Crippen molar-refractivity contribution in [2.24, 2.45) is 5.92 Å². The molecule has 9 heteroatoms. The number of carbonyl (C=O) groups is 3. The third-order valence-corrected chi connectivity index (χ3v) is 6.51. The van der Waals surface area contributed by atoms with Crippen molar-refractivity contribution in [3.63, 3.8) is 0 Å². The average Bonchev–Trinajstić information content (AvgIpc) is 3.27. The Morgan fingerprint density at radius 2 is 1.83 bits per heavy atom. The van der Waals surface area contributed by atoms with Crippen LogP contribution in [0.4, 0.5) is 11.4 Å². The third-order valence-electron chi connectivity index (χ3n) is 6.51. The van der Waals surface area contributed by atoms with Gasteiger partial charge in [0, 0.05) is 50.5 Å². The Balaban J connectivity index is 1.23. The molecule has 0 aliphatic carbocycles. The Morgan fingerprint density at radius 3 is 2.58 bits per heavy atom. The first-order chi connectivity index (χ1) is 17.4. The number of hydrogen-bond acceptors (Lipinski definition) is 6. The number of hydrogen-bond donors (Lipinski definition) is 2. The van der Waals surface area contributed by atoms with Crippen LogP contribution in [0.3, 0.4) is 0 Å². The quantitative estimate of drug-likeness (QED) is 0.554. The van der Waals surface area contributed by atoms with Crippen molar-refractivity contribution in [2.75, 3.05) is 62.8 Å².